The van der Waals surface area contributed by atoms with E-state index in [1.54, 1.807) is 6.92 Å². The van der Waals surface area contributed by atoms with E-state index in [4.69, 9.17) is 4.74 Å². The number of hydrogen-bond acceptors (Lipinski definition) is 2. The second-order valence-corrected chi connectivity index (χ2v) is 3.24. The standard InChI is InChI=1S/C12H21O2/c1-3-5-6-7-8-9-10-11-14-12(13)4-2/h4,9-10H,3,5-8,11H2,1-2H3/b10-9+. The second kappa shape index (κ2) is 10.3. The van der Waals surface area contributed by atoms with Crippen LogP contribution in [0.15, 0.2) is 12.2 Å². The molecule has 0 rings (SSSR count). The molecule has 14 heavy (non-hydrogen) atoms. The third kappa shape index (κ3) is 9.30. The lowest BCUT2D eigenvalue weighted by molar-refractivity contribution is -0.138. The Kier molecular flexibility index (Phi) is 9.71. The van der Waals surface area contributed by atoms with E-state index in [1.165, 1.54) is 32.1 Å². The highest BCUT2D eigenvalue weighted by Crippen LogP contribution is 2.02. The average molecular weight is 197 g/mol. The molecule has 0 saturated heterocycles. The molecule has 2 heteroatoms. The highest BCUT2D eigenvalue weighted by Gasteiger charge is 1.93. The van der Waals surface area contributed by atoms with Crippen molar-refractivity contribution in [2.45, 2.75) is 46.0 Å². The van der Waals surface area contributed by atoms with E-state index in [1.807, 2.05) is 6.08 Å². The molecule has 0 aromatic carbocycles. The van der Waals surface area contributed by atoms with Gasteiger partial charge in [-0.05, 0) is 12.8 Å². The van der Waals surface area contributed by atoms with Gasteiger partial charge in [0.2, 0.25) is 0 Å². The molecule has 0 bridgehead atoms. The third-order valence-corrected chi connectivity index (χ3v) is 1.95. The number of carbonyl (C=O) groups excluding carboxylic acids is 1. The summed E-state index contributed by atoms with van der Waals surface area (Å²) in [6.07, 6.45) is 11.6. The topological polar surface area (TPSA) is 26.3 Å². The lowest BCUT2D eigenvalue weighted by atomic mass is 10.1. The monoisotopic (exact) mass is 197 g/mol. The first-order chi connectivity index (χ1) is 6.81. The van der Waals surface area contributed by atoms with Gasteiger partial charge in [-0.25, -0.2) is 0 Å². The largest absolute Gasteiger partial charge is 0.461 e. The number of unbranched alkanes of at least 4 members (excludes halogenated alkanes) is 4. The first kappa shape index (κ1) is 13.2. The molecule has 0 saturated carbocycles. The van der Waals surface area contributed by atoms with Gasteiger partial charge in [-0.15, -0.1) is 0 Å². The number of ether oxygens (including phenoxy) is 1. The van der Waals surface area contributed by atoms with Crippen molar-refractivity contribution in [3.8, 4) is 0 Å². The SMILES string of the molecule is C[CH]C(=O)OC/C=C/CCCCCC. The van der Waals surface area contributed by atoms with E-state index in [0.717, 1.165) is 6.42 Å². The molecular weight excluding hydrogens is 176 g/mol. The molecule has 0 aliphatic carbocycles. The van der Waals surface area contributed by atoms with Gasteiger partial charge in [0.1, 0.15) is 6.61 Å². The molecule has 0 spiro atoms. The van der Waals surface area contributed by atoms with E-state index >= 15 is 0 Å². The Morgan fingerprint density at radius 1 is 1.21 bits per heavy atom. The summed E-state index contributed by atoms with van der Waals surface area (Å²) in [6.45, 7) is 4.28. The first-order valence-corrected chi connectivity index (χ1v) is 5.42. The zero-order chi connectivity index (χ0) is 10.6. The van der Waals surface area contributed by atoms with Gasteiger partial charge in [-0.2, -0.15) is 0 Å². The van der Waals surface area contributed by atoms with Crippen molar-refractivity contribution >= 4 is 5.97 Å². The minimum atomic E-state index is -0.249. The molecule has 0 heterocycles. The maximum Gasteiger partial charge on any atom is 0.309 e. The fourth-order valence-corrected chi connectivity index (χ4v) is 1.09. The summed E-state index contributed by atoms with van der Waals surface area (Å²) in [4.78, 5) is 10.7. The number of esters is 1. The molecule has 0 atom stereocenters. The maximum absolute atomic E-state index is 10.7. The fourth-order valence-electron chi connectivity index (χ4n) is 1.09. The van der Waals surface area contributed by atoms with E-state index in [9.17, 15) is 4.79 Å². The van der Waals surface area contributed by atoms with Crippen molar-refractivity contribution in [2.75, 3.05) is 6.61 Å². The van der Waals surface area contributed by atoms with E-state index < -0.39 is 0 Å². The predicted molar refractivity (Wildman–Crippen MR) is 58.8 cm³/mol. The summed E-state index contributed by atoms with van der Waals surface area (Å²) in [6, 6.07) is 0. The Labute approximate surface area is 87.3 Å². The summed E-state index contributed by atoms with van der Waals surface area (Å²) in [5.41, 5.74) is 0. The summed E-state index contributed by atoms with van der Waals surface area (Å²) >= 11 is 0. The first-order valence-electron chi connectivity index (χ1n) is 5.42. The molecule has 0 aliphatic rings. The number of carbonyl (C=O) groups is 1. The molecule has 0 amide bonds. The number of rotatable bonds is 8. The van der Waals surface area contributed by atoms with Crippen molar-refractivity contribution in [3.63, 3.8) is 0 Å². The lowest BCUT2D eigenvalue weighted by Gasteiger charge is -1.97. The van der Waals surface area contributed by atoms with Crippen molar-refractivity contribution in [3.05, 3.63) is 18.6 Å². The van der Waals surface area contributed by atoms with E-state index in [-0.39, 0.29) is 5.97 Å². The van der Waals surface area contributed by atoms with Gasteiger partial charge in [-0.1, -0.05) is 45.3 Å². The Morgan fingerprint density at radius 3 is 2.64 bits per heavy atom. The van der Waals surface area contributed by atoms with E-state index in [2.05, 4.69) is 13.0 Å². The van der Waals surface area contributed by atoms with Crippen LogP contribution in [0.4, 0.5) is 0 Å². The van der Waals surface area contributed by atoms with Crippen molar-refractivity contribution in [1.29, 1.82) is 0 Å². The minimum absolute atomic E-state index is 0.249. The quantitative estimate of drug-likeness (QED) is 0.339. The molecule has 0 N–H and O–H groups in total. The molecule has 81 valence electrons. The maximum atomic E-state index is 10.7. The molecular formula is C12H21O2. The van der Waals surface area contributed by atoms with Crippen LogP contribution in [-0.2, 0) is 9.53 Å². The predicted octanol–water partition coefficient (Wildman–Crippen LogP) is 3.28. The Balaban J connectivity index is 3.15. The van der Waals surface area contributed by atoms with Crippen molar-refractivity contribution in [2.24, 2.45) is 0 Å². The highest BCUT2D eigenvalue weighted by atomic mass is 16.5. The summed E-state index contributed by atoms with van der Waals surface area (Å²) in [5.74, 6) is -0.249. The van der Waals surface area contributed by atoms with Gasteiger partial charge in [0, 0.05) is 0 Å². The Bertz CT molecular complexity index is 162. The molecule has 0 aromatic heterocycles. The Hall–Kier alpha value is -0.790. The normalized spacial score (nSPS) is 10.7. The molecule has 0 aliphatic heterocycles. The van der Waals surface area contributed by atoms with Crippen LogP contribution in [0.1, 0.15) is 46.0 Å². The molecule has 0 fully saturated rings. The smallest absolute Gasteiger partial charge is 0.309 e. The van der Waals surface area contributed by atoms with Crippen LogP contribution in [0.2, 0.25) is 0 Å². The van der Waals surface area contributed by atoms with Gasteiger partial charge in [-0.3, -0.25) is 4.79 Å². The van der Waals surface area contributed by atoms with E-state index in [0.29, 0.717) is 6.61 Å². The van der Waals surface area contributed by atoms with Gasteiger partial charge < -0.3 is 4.74 Å². The summed E-state index contributed by atoms with van der Waals surface area (Å²) in [5, 5.41) is 0. The van der Waals surface area contributed by atoms with Crippen LogP contribution >= 0.6 is 0 Å². The summed E-state index contributed by atoms with van der Waals surface area (Å²) in [7, 11) is 0. The van der Waals surface area contributed by atoms with Gasteiger partial charge in [0.15, 0.2) is 0 Å². The average Bonchev–Trinajstić information content (AvgIpc) is 2.21. The highest BCUT2D eigenvalue weighted by molar-refractivity contribution is 5.78. The van der Waals surface area contributed by atoms with Crippen LogP contribution in [-0.4, -0.2) is 12.6 Å². The van der Waals surface area contributed by atoms with Gasteiger partial charge >= 0.3 is 5.97 Å². The zero-order valence-electron chi connectivity index (χ0n) is 9.29. The molecule has 0 unspecified atom stereocenters. The van der Waals surface area contributed by atoms with Gasteiger partial charge in [0.25, 0.3) is 0 Å². The molecule has 1 radical (unpaired) electrons. The van der Waals surface area contributed by atoms with Crippen molar-refractivity contribution < 1.29 is 9.53 Å². The van der Waals surface area contributed by atoms with Crippen molar-refractivity contribution in [1.82, 2.24) is 0 Å². The van der Waals surface area contributed by atoms with Crippen LogP contribution < -0.4 is 0 Å². The van der Waals surface area contributed by atoms with Crippen LogP contribution in [0.25, 0.3) is 0 Å². The molecule has 0 aromatic rings. The lowest BCUT2D eigenvalue weighted by Crippen LogP contribution is -2.02. The zero-order valence-corrected chi connectivity index (χ0v) is 9.29. The number of allylic oxidation sites excluding steroid dienone is 1. The van der Waals surface area contributed by atoms with Crippen LogP contribution in [0, 0.1) is 6.42 Å². The van der Waals surface area contributed by atoms with Crippen LogP contribution in [0.3, 0.4) is 0 Å². The number of hydrogen-bond donors (Lipinski definition) is 0. The Morgan fingerprint density at radius 2 is 2.00 bits per heavy atom. The molecule has 2 nitrogen and oxygen atoms in total. The third-order valence-electron chi connectivity index (χ3n) is 1.95. The van der Waals surface area contributed by atoms with Gasteiger partial charge in [0.05, 0.1) is 6.42 Å². The second-order valence-electron chi connectivity index (χ2n) is 3.24. The fraction of sp³-hybridized carbons (Fsp3) is 0.667. The summed E-state index contributed by atoms with van der Waals surface area (Å²) < 4.78 is 4.84. The van der Waals surface area contributed by atoms with Crippen LogP contribution in [0.5, 0.6) is 0 Å². The minimum Gasteiger partial charge on any atom is -0.461 e.